The van der Waals surface area contributed by atoms with Gasteiger partial charge >= 0.3 is 30.1 Å². The Balaban J connectivity index is 3.28. The number of alkyl halides is 9. The van der Waals surface area contributed by atoms with E-state index in [-0.39, 0.29) is 10.9 Å². The number of anilines is 1. The molecule has 1 aromatic rings. The van der Waals surface area contributed by atoms with Crippen LogP contribution in [0, 0.1) is 6.92 Å². The first-order valence-electron chi connectivity index (χ1n) is 5.84. The van der Waals surface area contributed by atoms with E-state index in [2.05, 4.69) is 4.98 Å². The number of carbonyl (C=O) groups is 1. The standard InChI is InChI=1S/C11H8F9N3O/c1-5-3-2-4-21-6(5)22-7(24)23-8(9(12,13)14,10(15,16)17)11(18,19)20/h2-4H,1H3,(H2,21,22,23,24). The Morgan fingerprint density at radius 1 is 0.958 bits per heavy atom. The molecule has 0 aromatic carbocycles. The Labute approximate surface area is 128 Å². The Bertz CT molecular complexity index is 570. The number of pyridine rings is 1. The van der Waals surface area contributed by atoms with Crippen LogP contribution >= 0.6 is 0 Å². The van der Waals surface area contributed by atoms with Crippen LogP contribution in [0.4, 0.5) is 50.1 Å². The van der Waals surface area contributed by atoms with Gasteiger partial charge < -0.3 is 5.32 Å². The van der Waals surface area contributed by atoms with Crippen molar-refractivity contribution in [2.24, 2.45) is 0 Å². The minimum atomic E-state index is -6.89. The van der Waals surface area contributed by atoms with Gasteiger partial charge in [0.2, 0.25) is 0 Å². The number of nitrogens with one attached hydrogen (secondary N) is 2. The third kappa shape index (κ3) is 3.48. The molecule has 0 aliphatic carbocycles. The van der Waals surface area contributed by atoms with Gasteiger partial charge in [-0.15, -0.1) is 0 Å². The van der Waals surface area contributed by atoms with Crippen molar-refractivity contribution in [3.8, 4) is 0 Å². The molecule has 1 rings (SSSR count). The number of hydrogen-bond donors (Lipinski definition) is 2. The maximum Gasteiger partial charge on any atom is 0.429 e. The predicted molar refractivity (Wildman–Crippen MR) is 62.0 cm³/mol. The fraction of sp³-hybridized carbons (Fsp3) is 0.455. The zero-order chi connectivity index (χ0) is 19.0. The monoisotopic (exact) mass is 369 g/mol. The summed E-state index contributed by atoms with van der Waals surface area (Å²) in [6, 6.07) is 0.223. The molecule has 136 valence electrons. The van der Waals surface area contributed by atoms with Crippen LogP contribution in [0.15, 0.2) is 18.3 Å². The molecule has 0 fully saturated rings. The van der Waals surface area contributed by atoms with E-state index in [9.17, 15) is 44.3 Å². The third-order valence-corrected chi connectivity index (χ3v) is 2.82. The highest BCUT2D eigenvalue weighted by molar-refractivity contribution is 5.89. The summed E-state index contributed by atoms with van der Waals surface area (Å²) in [5, 5.41) is 1.38. The van der Waals surface area contributed by atoms with Gasteiger partial charge in [-0.25, -0.2) is 9.78 Å². The van der Waals surface area contributed by atoms with Gasteiger partial charge in [-0.2, -0.15) is 39.5 Å². The normalized spacial score (nSPS) is 13.6. The molecule has 1 heterocycles. The van der Waals surface area contributed by atoms with Gasteiger partial charge in [0, 0.05) is 6.20 Å². The fourth-order valence-electron chi connectivity index (χ4n) is 1.62. The number of carbonyl (C=O) groups excluding carboxylic acids is 1. The van der Waals surface area contributed by atoms with Gasteiger partial charge in [0.15, 0.2) is 0 Å². The first-order chi connectivity index (χ1) is 10.6. The molecule has 0 saturated heterocycles. The van der Waals surface area contributed by atoms with Crippen molar-refractivity contribution in [1.82, 2.24) is 10.3 Å². The summed E-state index contributed by atoms with van der Waals surface area (Å²) in [5.74, 6) is -0.504. The lowest BCUT2D eigenvalue weighted by Crippen LogP contribution is -2.75. The van der Waals surface area contributed by atoms with Gasteiger partial charge in [0.25, 0.3) is 0 Å². The minimum Gasteiger partial charge on any atom is -0.308 e. The average molecular weight is 369 g/mol. The highest BCUT2D eigenvalue weighted by atomic mass is 19.4. The van der Waals surface area contributed by atoms with Crippen molar-refractivity contribution in [2.45, 2.75) is 31.0 Å². The zero-order valence-corrected chi connectivity index (χ0v) is 11.5. The molecular formula is C11H8F9N3O. The van der Waals surface area contributed by atoms with Crippen LogP contribution in [0.25, 0.3) is 0 Å². The molecule has 1 aromatic heterocycles. The van der Waals surface area contributed by atoms with Crippen molar-refractivity contribution >= 4 is 11.8 Å². The second-order valence-corrected chi connectivity index (χ2v) is 4.49. The highest BCUT2D eigenvalue weighted by Gasteiger charge is 2.84. The van der Waals surface area contributed by atoms with E-state index in [1.165, 1.54) is 24.4 Å². The summed E-state index contributed by atoms with van der Waals surface area (Å²) in [6.07, 6.45) is -19.6. The lowest BCUT2D eigenvalue weighted by Gasteiger charge is -2.38. The van der Waals surface area contributed by atoms with Crippen LogP contribution in [-0.4, -0.2) is 35.1 Å². The van der Waals surface area contributed by atoms with Crippen molar-refractivity contribution in [2.75, 3.05) is 5.32 Å². The molecular weight excluding hydrogens is 361 g/mol. The first kappa shape index (κ1) is 19.8. The van der Waals surface area contributed by atoms with E-state index < -0.39 is 35.9 Å². The molecule has 0 saturated carbocycles. The molecule has 4 nitrogen and oxygen atoms in total. The van der Waals surface area contributed by atoms with E-state index in [1.807, 2.05) is 0 Å². The van der Waals surface area contributed by atoms with E-state index in [0.29, 0.717) is 0 Å². The Hall–Kier alpha value is -2.21. The molecule has 0 aliphatic heterocycles. The number of rotatable bonds is 2. The fourth-order valence-corrected chi connectivity index (χ4v) is 1.62. The second-order valence-electron chi connectivity index (χ2n) is 4.49. The molecule has 0 radical (unpaired) electrons. The molecule has 2 N–H and O–H groups in total. The summed E-state index contributed by atoms with van der Waals surface area (Å²) in [7, 11) is 0. The second kappa shape index (κ2) is 6.02. The van der Waals surface area contributed by atoms with Gasteiger partial charge in [0.05, 0.1) is 0 Å². The predicted octanol–water partition coefficient (Wildman–Crippen LogP) is 3.94. The van der Waals surface area contributed by atoms with Crippen LogP contribution in [0.1, 0.15) is 5.56 Å². The van der Waals surface area contributed by atoms with Gasteiger partial charge in [0.1, 0.15) is 5.82 Å². The van der Waals surface area contributed by atoms with Crippen molar-refractivity contribution in [3.63, 3.8) is 0 Å². The van der Waals surface area contributed by atoms with E-state index in [4.69, 9.17) is 0 Å². The summed E-state index contributed by atoms with van der Waals surface area (Å²) >= 11 is 0. The maximum atomic E-state index is 12.6. The molecule has 13 heteroatoms. The van der Waals surface area contributed by atoms with Crippen molar-refractivity contribution in [1.29, 1.82) is 0 Å². The third-order valence-electron chi connectivity index (χ3n) is 2.82. The average Bonchev–Trinajstić information content (AvgIpc) is 2.34. The SMILES string of the molecule is Cc1cccnc1NC(=O)NC(C(F)(F)F)(C(F)(F)F)C(F)(F)F. The molecule has 0 bridgehead atoms. The number of aromatic nitrogens is 1. The van der Waals surface area contributed by atoms with Gasteiger partial charge in [-0.05, 0) is 18.6 Å². The zero-order valence-electron chi connectivity index (χ0n) is 11.5. The lowest BCUT2D eigenvalue weighted by atomic mass is 9.97. The van der Waals surface area contributed by atoms with Crippen molar-refractivity contribution < 1.29 is 44.3 Å². The van der Waals surface area contributed by atoms with Gasteiger partial charge in [-0.1, -0.05) is 6.07 Å². The number of aryl methyl sites for hydroxylation is 1. The molecule has 0 aliphatic rings. The molecule has 2 amide bonds. The minimum absolute atomic E-state index is 0.0390. The van der Waals surface area contributed by atoms with Gasteiger partial charge in [-0.3, -0.25) is 5.32 Å². The number of hydrogen-bond acceptors (Lipinski definition) is 2. The number of amides is 2. The number of urea groups is 1. The van der Waals surface area contributed by atoms with E-state index in [0.717, 1.165) is 6.20 Å². The maximum absolute atomic E-state index is 12.6. The number of nitrogens with zero attached hydrogens (tertiary/aromatic N) is 1. The smallest absolute Gasteiger partial charge is 0.308 e. The molecule has 0 atom stereocenters. The van der Waals surface area contributed by atoms with E-state index in [1.54, 1.807) is 0 Å². The quantitative estimate of drug-likeness (QED) is 0.776. The van der Waals surface area contributed by atoms with Crippen LogP contribution in [0.2, 0.25) is 0 Å². The molecule has 0 unspecified atom stereocenters. The topological polar surface area (TPSA) is 54.0 Å². The summed E-state index contributed by atoms with van der Waals surface area (Å²) < 4.78 is 114. The van der Waals surface area contributed by atoms with Crippen LogP contribution < -0.4 is 10.6 Å². The van der Waals surface area contributed by atoms with E-state index >= 15 is 0 Å². The Morgan fingerprint density at radius 2 is 1.42 bits per heavy atom. The van der Waals surface area contributed by atoms with Crippen molar-refractivity contribution in [3.05, 3.63) is 23.9 Å². The lowest BCUT2D eigenvalue weighted by molar-refractivity contribution is -0.386. The number of halogens is 9. The molecule has 24 heavy (non-hydrogen) atoms. The van der Waals surface area contributed by atoms with Crippen LogP contribution in [0.5, 0.6) is 0 Å². The summed E-state index contributed by atoms with van der Waals surface area (Å²) in [5.41, 5.74) is -6.33. The first-order valence-corrected chi connectivity index (χ1v) is 5.84. The largest absolute Gasteiger partial charge is 0.429 e. The summed E-state index contributed by atoms with van der Waals surface area (Å²) in [4.78, 5) is 14.8. The highest BCUT2D eigenvalue weighted by Crippen LogP contribution is 2.52. The van der Waals surface area contributed by atoms with Crippen LogP contribution in [0.3, 0.4) is 0 Å². The van der Waals surface area contributed by atoms with Crippen LogP contribution in [-0.2, 0) is 0 Å². The Morgan fingerprint density at radius 3 is 1.79 bits per heavy atom. The summed E-state index contributed by atoms with van der Waals surface area (Å²) in [6.45, 7) is 1.27. The molecule has 0 spiro atoms. The Kier molecular flexibility index (Phi) is 4.97.